The Morgan fingerprint density at radius 3 is 2.71 bits per heavy atom. The van der Waals surface area contributed by atoms with Gasteiger partial charge in [0.05, 0.1) is 22.9 Å². The Balaban J connectivity index is 2.11. The second-order valence-corrected chi connectivity index (χ2v) is 5.24. The van der Waals surface area contributed by atoms with Crippen LogP contribution in [0.2, 0.25) is 0 Å². The number of para-hydroxylation sites is 2. The predicted octanol–water partition coefficient (Wildman–Crippen LogP) is 4.14. The van der Waals surface area contributed by atoms with Gasteiger partial charge >= 0.3 is 0 Å². The van der Waals surface area contributed by atoms with Gasteiger partial charge in [-0.25, -0.2) is 15.0 Å². The van der Waals surface area contributed by atoms with E-state index in [9.17, 15) is 0 Å². The zero-order chi connectivity index (χ0) is 16.9. The average molecular weight is 317 g/mol. The van der Waals surface area contributed by atoms with Gasteiger partial charge in [0, 0.05) is 5.57 Å². The molecule has 0 amide bonds. The van der Waals surface area contributed by atoms with E-state index in [1.807, 2.05) is 68.5 Å². The first-order valence-electron chi connectivity index (χ1n) is 7.76. The SMILES string of the molecule is C\C=C/C=C(\C=C/C)c1cnc(N)c(-c2nc3ccccc3[nH]2)n1. The van der Waals surface area contributed by atoms with Gasteiger partial charge < -0.3 is 10.7 Å². The minimum atomic E-state index is 0.351. The summed E-state index contributed by atoms with van der Waals surface area (Å²) in [6.07, 6.45) is 11.6. The molecule has 0 bridgehead atoms. The highest BCUT2D eigenvalue weighted by molar-refractivity contribution is 5.81. The number of hydrogen-bond acceptors (Lipinski definition) is 4. The van der Waals surface area contributed by atoms with Crippen LogP contribution in [0.4, 0.5) is 5.82 Å². The maximum Gasteiger partial charge on any atom is 0.161 e. The van der Waals surface area contributed by atoms with E-state index in [0.29, 0.717) is 17.3 Å². The molecule has 2 heterocycles. The third kappa shape index (κ3) is 3.10. The van der Waals surface area contributed by atoms with Crippen molar-refractivity contribution in [1.29, 1.82) is 0 Å². The summed E-state index contributed by atoms with van der Waals surface area (Å²) in [5, 5.41) is 0. The molecule has 0 aliphatic carbocycles. The Kier molecular flexibility index (Phi) is 4.52. The van der Waals surface area contributed by atoms with Crippen molar-refractivity contribution >= 4 is 22.4 Å². The number of anilines is 1. The lowest BCUT2D eigenvalue weighted by atomic mass is 10.1. The van der Waals surface area contributed by atoms with Gasteiger partial charge in [0.25, 0.3) is 0 Å². The van der Waals surface area contributed by atoms with E-state index in [0.717, 1.165) is 22.3 Å². The van der Waals surface area contributed by atoms with Crippen molar-refractivity contribution in [2.24, 2.45) is 0 Å². The molecule has 0 radical (unpaired) electrons. The smallest absolute Gasteiger partial charge is 0.161 e. The highest BCUT2D eigenvalue weighted by Crippen LogP contribution is 2.24. The van der Waals surface area contributed by atoms with Crippen molar-refractivity contribution in [3.8, 4) is 11.5 Å². The minimum Gasteiger partial charge on any atom is -0.382 e. The van der Waals surface area contributed by atoms with Gasteiger partial charge in [-0.05, 0) is 26.0 Å². The summed E-state index contributed by atoms with van der Waals surface area (Å²) in [4.78, 5) is 16.8. The number of rotatable bonds is 4. The lowest BCUT2D eigenvalue weighted by Gasteiger charge is -2.05. The molecular weight excluding hydrogens is 298 g/mol. The van der Waals surface area contributed by atoms with Crippen molar-refractivity contribution in [2.75, 3.05) is 5.73 Å². The van der Waals surface area contributed by atoms with Crippen LogP contribution in [0.5, 0.6) is 0 Å². The number of imidazole rings is 1. The van der Waals surface area contributed by atoms with E-state index < -0.39 is 0 Å². The number of nitrogens with zero attached hydrogens (tertiary/aromatic N) is 3. The summed E-state index contributed by atoms with van der Waals surface area (Å²) in [5.74, 6) is 0.970. The number of aromatic amines is 1. The van der Waals surface area contributed by atoms with Crippen LogP contribution in [0, 0.1) is 0 Å². The predicted molar refractivity (Wildman–Crippen MR) is 99.1 cm³/mol. The summed E-state index contributed by atoms with van der Waals surface area (Å²) in [7, 11) is 0. The molecule has 0 atom stereocenters. The second-order valence-electron chi connectivity index (χ2n) is 5.24. The quantitative estimate of drug-likeness (QED) is 0.709. The van der Waals surface area contributed by atoms with Gasteiger partial charge in [-0.2, -0.15) is 0 Å². The summed E-state index contributed by atoms with van der Waals surface area (Å²) in [6.45, 7) is 3.94. The standard InChI is InChI=1S/C19H19N5/c1-3-5-9-13(8-4-2)16-12-21-18(20)17(22-16)19-23-14-10-6-7-11-15(14)24-19/h3-12H,1-2H3,(H2,20,21)(H,23,24)/b5-3-,8-4-,13-9+. The van der Waals surface area contributed by atoms with Gasteiger partial charge in [0.1, 0.15) is 5.69 Å². The van der Waals surface area contributed by atoms with Crippen LogP contribution in [0.15, 0.2) is 60.8 Å². The largest absolute Gasteiger partial charge is 0.382 e. The zero-order valence-corrected chi connectivity index (χ0v) is 13.7. The third-order valence-corrected chi connectivity index (χ3v) is 3.52. The molecule has 3 aromatic rings. The van der Waals surface area contributed by atoms with E-state index in [-0.39, 0.29) is 0 Å². The van der Waals surface area contributed by atoms with Gasteiger partial charge in [0.15, 0.2) is 11.6 Å². The number of nitrogen functional groups attached to an aromatic ring is 1. The van der Waals surface area contributed by atoms with E-state index in [2.05, 4.69) is 19.9 Å². The Labute approximate surface area is 140 Å². The number of allylic oxidation sites excluding steroid dienone is 6. The molecule has 0 saturated heterocycles. The molecular formula is C19H19N5. The highest BCUT2D eigenvalue weighted by Gasteiger charge is 2.13. The molecule has 1 aromatic carbocycles. The molecule has 3 N–H and O–H groups in total. The molecule has 0 aliphatic heterocycles. The molecule has 0 aliphatic rings. The monoisotopic (exact) mass is 317 g/mol. The minimum absolute atomic E-state index is 0.351. The van der Waals surface area contributed by atoms with Crippen molar-refractivity contribution in [1.82, 2.24) is 19.9 Å². The number of fused-ring (bicyclic) bond motifs is 1. The molecule has 2 aromatic heterocycles. The Morgan fingerprint density at radius 2 is 1.96 bits per heavy atom. The Bertz CT molecular complexity index is 914. The van der Waals surface area contributed by atoms with Crippen LogP contribution in [-0.4, -0.2) is 19.9 Å². The van der Waals surface area contributed by atoms with Gasteiger partial charge in [-0.15, -0.1) is 0 Å². The first kappa shape index (κ1) is 15.7. The van der Waals surface area contributed by atoms with Crippen molar-refractivity contribution in [3.63, 3.8) is 0 Å². The maximum atomic E-state index is 6.03. The summed E-state index contributed by atoms with van der Waals surface area (Å²) in [5.41, 5.74) is 10.1. The normalized spacial score (nSPS) is 12.7. The zero-order valence-electron chi connectivity index (χ0n) is 13.7. The molecule has 120 valence electrons. The molecule has 24 heavy (non-hydrogen) atoms. The summed E-state index contributed by atoms with van der Waals surface area (Å²) in [6, 6.07) is 7.82. The number of aromatic nitrogens is 4. The van der Waals surface area contributed by atoms with Gasteiger partial charge in [0.2, 0.25) is 0 Å². The van der Waals surface area contributed by atoms with Crippen molar-refractivity contribution < 1.29 is 0 Å². The van der Waals surface area contributed by atoms with Crippen LogP contribution in [-0.2, 0) is 0 Å². The van der Waals surface area contributed by atoms with E-state index in [1.54, 1.807) is 6.20 Å². The first-order chi connectivity index (χ1) is 11.7. The Hall–Kier alpha value is -3.21. The lowest BCUT2D eigenvalue weighted by Crippen LogP contribution is -2.01. The van der Waals surface area contributed by atoms with Crippen molar-refractivity contribution in [2.45, 2.75) is 13.8 Å². The molecule has 0 saturated carbocycles. The molecule has 3 rings (SSSR count). The topological polar surface area (TPSA) is 80.5 Å². The fraction of sp³-hybridized carbons (Fsp3) is 0.105. The molecule has 5 heteroatoms. The fourth-order valence-electron chi connectivity index (χ4n) is 2.38. The van der Waals surface area contributed by atoms with Crippen LogP contribution in [0.25, 0.3) is 28.1 Å². The van der Waals surface area contributed by atoms with Crippen LogP contribution >= 0.6 is 0 Å². The van der Waals surface area contributed by atoms with Crippen LogP contribution in [0.1, 0.15) is 19.5 Å². The number of nitrogens with two attached hydrogens (primary N) is 1. The first-order valence-corrected chi connectivity index (χ1v) is 7.76. The Morgan fingerprint density at radius 1 is 1.12 bits per heavy atom. The van der Waals surface area contributed by atoms with E-state index in [4.69, 9.17) is 5.73 Å². The lowest BCUT2D eigenvalue weighted by molar-refractivity contribution is 1.15. The van der Waals surface area contributed by atoms with E-state index in [1.165, 1.54) is 0 Å². The number of hydrogen-bond donors (Lipinski definition) is 2. The van der Waals surface area contributed by atoms with Gasteiger partial charge in [-0.1, -0.05) is 42.5 Å². The number of H-pyrrole nitrogens is 1. The number of benzene rings is 1. The van der Waals surface area contributed by atoms with Crippen LogP contribution in [0.3, 0.4) is 0 Å². The summed E-state index contributed by atoms with van der Waals surface area (Å²) >= 11 is 0. The third-order valence-electron chi connectivity index (χ3n) is 3.52. The second kappa shape index (κ2) is 6.91. The average Bonchev–Trinajstić information content (AvgIpc) is 3.03. The van der Waals surface area contributed by atoms with E-state index >= 15 is 0 Å². The highest BCUT2D eigenvalue weighted by atomic mass is 15.0. The molecule has 0 fully saturated rings. The van der Waals surface area contributed by atoms with Gasteiger partial charge in [-0.3, -0.25) is 0 Å². The molecule has 0 unspecified atom stereocenters. The number of nitrogens with one attached hydrogen (secondary N) is 1. The molecule has 5 nitrogen and oxygen atoms in total. The fourth-order valence-corrected chi connectivity index (χ4v) is 2.38. The van der Waals surface area contributed by atoms with Crippen LogP contribution < -0.4 is 5.73 Å². The maximum absolute atomic E-state index is 6.03. The summed E-state index contributed by atoms with van der Waals surface area (Å²) < 4.78 is 0. The molecule has 0 spiro atoms. The van der Waals surface area contributed by atoms with Crippen molar-refractivity contribution in [3.05, 3.63) is 66.5 Å².